The highest BCUT2D eigenvalue weighted by molar-refractivity contribution is 6.42. The van der Waals surface area contributed by atoms with Crippen LogP contribution in [-0.4, -0.2) is 25.8 Å². The summed E-state index contributed by atoms with van der Waals surface area (Å²) in [5.74, 6) is 1.04. The molecule has 0 spiro atoms. The quantitative estimate of drug-likeness (QED) is 0.703. The summed E-state index contributed by atoms with van der Waals surface area (Å²) in [6, 6.07) is 10.3. The number of amides is 1. The topological polar surface area (TPSA) is 51.1 Å². The van der Waals surface area contributed by atoms with Gasteiger partial charge in [-0.3, -0.25) is 4.79 Å². The molecule has 0 aromatic heterocycles. The summed E-state index contributed by atoms with van der Waals surface area (Å²) in [5, 5.41) is 6.42. The number of hydrazone groups is 1. The molecule has 0 fully saturated rings. The Hall–Kier alpha value is -2.50. The third-order valence-corrected chi connectivity index (χ3v) is 4.69. The Bertz CT molecular complexity index is 938. The van der Waals surface area contributed by atoms with Gasteiger partial charge in [-0.15, -0.1) is 0 Å². The van der Waals surface area contributed by atoms with Crippen molar-refractivity contribution in [2.75, 3.05) is 19.2 Å². The van der Waals surface area contributed by atoms with Crippen LogP contribution in [0.2, 0.25) is 10.0 Å². The van der Waals surface area contributed by atoms with Gasteiger partial charge in [-0.1, -0.05) is 23.2 Å². The van der Waals surface area contributed by atoms with Crippen molar-refractivity contribution in [2.45, 2.75) is 6.92 Å². The van der Waals surface area contributed by atoms with Gasteiger partial charge in [-0.05, 0) is 49.4 Å². The summed E-state index contributed by atoms with van der Waals surface area (Å²) in [5.41, 5.74) is 2.32. The minimum atomic E-state index is -0.259. The summed E-state index contributed by atoms with van der Waals surface area (Å²) < 4.78 is 10.6. The second-order valence-corrected chi connectivity index (χ2v) is 6.38. The van der Waals surface area contributed by atoms with Crippen molar-refractivity contribution in [3.8, 4) is 11.5 Å². The Morgan fingerprint density at radius 1 is 1.04 bits per heavy atom. The van der Waals surface area contributed by atoms with E-state index in [1.165, 1.54) is 5.01 Å². The molecule has 0 saturated carbocycles. The van der Waals surface area contributed by atoms with Crippen molar-refractivity contribution in [3.05, 3.63) is 57.6 Å². The summed E-state index contributed by atoms with van der Waals surface area (Å²) in [6.45, 7) is 1.77. The van der Waals surface area contributed by atoms with Gasteiger partial charge in [0.2, 0.25) is 0 Å². The van der Waals surface area contributed by atoms with Crippen LogP contribution in [0.15, 0.2) is 47.1 Å². The fourth-order valence-corrected chi connectivity index (χ4v) is 2.88. The second-order valence-electron chi connectivity index (χ2n) is 5.57. The minimum absolute atomic E-state index is 0.259. The summed E-state index contributed by atoms with van der Waals surface area (Å²) >= 11 is 12.0. The van der Waals surface area contributed by atoms with Gasteiger partial charge in [0.25, 0.3) is 5.91 Å². The van der Waals surface area contributed by atoms with Gasteiger partial charge < -0.3 is 9.47 Å². The molecule has 0 aliphatic carbocycles. The molecule has 0 bridgehead atoms. The molecular formula is C19H16Cl2N2O3. The van der Waals surface area contributed by atoms with Crippen LogP contribution in [0.1, 0.15) is 12.5 Å². The van der Waals surface area contributed by atoms with Crippen LogP contribution in [0.3, 0.4) is 0 Å². The van der Waals surface area contributed by atoms with E-state index in [9.17, 15) is 4.79 Å². The average molecular weight is 391 g/mol. The van der Waals surface area contributed by atoms with E-state index in [0.29, 0.717) is 38.5 Å². The molecule has 0 unspecified atom stereocenters. The Morgan fingerprint density at radius 3 is 2.46 bits per heavy atom. The first kappa shape index (κ1) is 18.3. The van der Waals surface area contributed by atoms with Crippen molar-refractivity contribution in [3.63, 3.8) is 0 Å². The Morgan fingerprint density at radius 2 is 1.81 bits per heavy atom. The Labute approximate surface area is 161 Å². The van der Waals surface area contributed by atoms with E-state index < -0.39 is 0 Å². The van der Waals surface area contributed by atoms with Crippen LogP contribution in [0.4, 0.5) is 5.69 Å². The number of carbonyl (C=O) groups is 1. The Balaban J connectivity index is 2.00. The average Bonchev–Trinajstić information content (AvgIpc) is 2.92. The standard InChI is InChI=1S/C19H16Cl2N2O3/c1-11-15(9-12-8-14(25-2)5-7-18(12)26-3)19(24)23(22-11)13-4-6-16(20)17(21)10-13/h4-10H,1-3H3. The number of hydrogen-bond donors (Lipinski definition) is 0. The van der Waals surface area contributed by atoms with E-state index >= 15 is 0 Å². The summed E-state index contributed by atoms with van der Waals surface area (Å²) in [4.78, 5) is 12.9. The predicted molar refractivity (Wildman–Crippen MR) is 105 cm³/mol. The zero-order valence-corrected chi connectivity index (χ0v) is 15.9. The molecule has 0 atom stereocenters. The first-order valence-electron chi connectivity index (χ1n) is 7.73. The zero-order chi connectivity index (χ0) is 18.8. The smallest absolute Gasteiger partial charge is 0.280 e. The van der Waals surface area contributed by atoms with Gasteiger partial charge in [0.15, 0.2) is 0 Å². The first-order chi connectivity index (χ1) is 12.4. The largest absolute Gasteiger partial charge is 0.497 e. The fourth-order valence-electron chi connectivity index (χ4n) is 2.58. The van der Waals surface area contributed by atoms with Crippen LogP contribution in [0.5, 0.6) is 11.5 Å². The van der Waals surface area contributed by atoms with E-state index in [-0.39, 0.29) is 5.91 Å². The van der Waals surface area contributed by atoms with Crippen molar-refractivity contribution >= 4 is 46.6 Å². The van der Waals surface area contributed by atoms with Crippen molar-refractivity contribution in [2.24, 2.45) is 5.10 Å². The van der Waals surface area contributed by atoms with E-state index in [2.05, 4.69) is 5.10 Å². The molecule has 1 aliphatic heterocycles. The lowest BCUT2D eigenvalue weighted by molar-refractivity contribution is -0.114. The number of anilines is 1. The van der Waals surface area contributed by atoms with E-state index in [1.807, 2.05) is 0 Å². The van der Waals surface area contributed by atoms with Gasteiger partial charge in [-0.25, -0.2) is 0 Å². The molecule has 5 nitrogen and oxygen atoms in total. The number of carbonyl (C=O) groups excluding carboxylic acids is 1. The first-order valence-corrected chi connectivity index (χ1v) is 8.49. The molecule has 0 N–H and O–H groups in total. The lowest BCUT2D eigenvalue weighted by Crippen LogP contribution is -2.21. The van der Waals surface area contributed by atoms with E-state index in [1.54, 1.807) is 63.6 Å². The lowest BCUT2D eigenvalue weighted by atomic mass is 10.1. The van der Waals surface area contributed by atoms with Gasteiger partial charge in [0.1, 0.15) is 11.5 Å². The van der Waals surface area contributed by atoms with Crippen LogP contribution in [0.25, 0.3) is 6.08 Å². The van der Waals surface area contributed by atoms with Gasteiger partial charge in [-0.2, -0.15) is 10.1 Å². The maximum absolute atomic E-state index is 12.9. The number of ether oxygens (including phenoxy) is 2. The van der Waals surface area contributed by atoms with Crippen LogP contribution in [0, 0.1) is 0 Å². The monoisotopic (exact) mass is 390 g/mol. The number of halogens is 2. The van der Waals surface area contributed by atoms with E-state index in [4.69, 9.17) is 32.7 Å². The lowest BCUT2D eigenvalue weighted by Gasteiger charge is -2.12. The van der Waals surface area contributed by atoms with E-state index in [0.717, 1.165) is 5.56 Å². The molecule has 26 heavy (non-hydrogen) atoms. The molecule has 1 amide bonds. The number of nitrogens with zero attached hydrogens (tertiary/aromatic N) is 2. The molecular weight excluding hydrogens is 375 g/mol. The third-order valence-electron chi connectivity index (χ3n) is 3.95. The predicted octanol–water partition coefficient (Wildman–Crippen LogP) is 4.82. The molecule has 134 valence electrons. The molecule has 0 radical (unpaired) electrons. The Kier molecular flexibility index (Phi) is 5.20. The van der Waals surface area contributed by atoms with Gasteiger partial charge in [0, 0.05) is 5.56 Å². The highest BCUT2D eigenvalue weighted by Crippen LogP contribution is 2.32. The maximum atomic E-state index is 12.9. The van der Waals surface area contributed by atoms with Crippen LogP contribution < -0.4 is 14.5 Å². The molecule has 7 heteroatoms. The van der Waals surface area contributed by atoms with Crippen molar-refractivity contribution in [1.29, 1.82) is 0 Å². The number of benzene rings is 2. The third kappa shape index (κ3) is 3.41. The van der Waals surface area contributed by atoms with Crippen molar-refractivity contribution in [1.82, 2.24) is 0 Å². The second kappa shape index (κ2) is 7.40. The van der Waals surface area contributed by atoms with Crippen LogP contribution in [-0.2, 0) is 4.79 Å². The SMILES string of the molecule is COc1ccc(OC)c(C=C2C(=O)N(c3ccc(Cl)c(Cl)c3)N=C2C)c1. The molecule has 3 rings (SSSR count). The normalized spacial score (nSPS) is 15.4. The van der Waals surface area contributed by atoms with Gasteiger partial charge in [0.05, 0.1) is 41.2 Å². The zero-order valence-electron chi connectivity index (χ0n) is 14.4. The molecule has 1 heterocycles. The van der Waals surface area contributed by atoms with Gasteiger partial charge >= 0.3 is 0 Å². The molecule has 2 aromatic rings. The molecule has 2 aromatic carbocycles. The summed E-state index contributed by atoms with van der Waals surface area (Å²) in [6.07, 6.45) is 1.74. The molecule has 1 aliphatic rings. The minimum Gasteiger partial charge on any atom is -0.497 e. The highest BCUT2D eigenvalue weighted by atomic mass is 35.5. The number of methoxy groups -OCH3 is 2. The number of hydrogen-bond acceptors (Lipinski definition) is 4. The maximum Gasteiger partial charge on any atom is 0.280 e. The fraction of sp³-hybridized carbons (Fsp3) is 0.158. The molecule has 0 saturated heterocycles. The highest BCUT2D eigenvalue weighted by Gasteiger charge is 2.29. The summed E-state index contributed by atoms with van der Waals surface area (Å²) in [7, 11) is 3.15. The van der Waals surface area contributed by atoms with Crippen molar-refractivity contribution < 1.29 is 14.3 Å². The van der Waals surface area contributed by atoms with Crippen LogP contribution >= 0.6 is 23.2 Å². The number of rotatable bonds is 4.